The molecule has 35 heavy (non-hydrogen) atoms. The molecule has 1 amide bonds. The Morgan fingerprint density at radius 2 is 1.69 bits per heavy atom. The zero-order valence-corrected chi connectivity index (χ0v) is 20.5. The highest BCUT2D eigenvalue weighted by Gasteiger charge is 2.28. The number of hydrogen-bond acceptors (Lipinski definition) is 6. The standard InChI is InChI=1S/C25H28N4O5S/c1-3-34-25(31)23-14-17-29(27-23)21-8-6-20(7-9-21)26-24(30)19-4-10-22(11-5-19)35(32,33)28-15-12-18(2)13-16-28/h4-11,14,17-18H,3,12-13,15-16H2,1-2H3,(H,26,30). The first-order valence-corrected chi connectivity index (χ1v) is 13.0. The molecule has 1 aliphatic rings. The quantitative estimate of drug-likeness (QED) is 0.499. The van der Waals surface area contributed by atoms with Crippen molar-refractivity contribution in [2.45, 2.75) is 31.6 Å². The SMILES string of the molecule is CCOC(=O)c1ccn(-c2ccc(NC(=O)c3ccc(S(=O)(=O)N4CCC(C)CC4)cc3)cc2)n1. The van der Waals surface area contributed by atoms with Crippen molar-refractivity contribution in [1.82, 2.24) is 14.1 Å². The average Bonchev–Trinajstić information content (AvgIpc) is 3.36. The molecule has 10 heteroatoms. The number of esters is 1. The number of rotatable bonds is 7. The number of anilines is 1. The monoisotopic (exact) mass is 496 g/mol. The number of hydrogen-bond donors (Lipinski definition) is 1. The Labute approximate surface area is 204 Å². The number of nitrogens with one attached hydrogen (secondary N) is 1. The second-order valence-corrected chi connectivity index (χ2v) is 10.4. The molecule has 1 aliphatic heterocycles. The third-order valence-electron chi connectivity index (χ3n) is 5.96. The average molecular weight is 497 g/mol. The summed E-state index contributed by atoms with van der Waals surface area (Å²) in [7, 11) is -3.56. The molecule has 3 aromatic rings. The van der Waals surface area contributed by atoms with Crippen LogP contribution in [0.4, 0.5) is 5.69 Å². The van der Waals surface area contributed by atoms with Gasteiger partial charge < -0.3 is 10.1 Å². The first-order valence-electron chi connectivity index (χ1n) is 11.5. The van der Waals surface area contributed by atoms with Gasteiger partial charge in [-0.1, -0.05) is 6.92 Å². The lowest BCUT2D eigenvalue weighted by molar-refractivity contribution is 0.0518. The van der Waals surface area contributed by atoms with Crippen LogP contribution in [0.25, 0.3) is 5.69 Å². The van der Waals surface area contributed by atoms with Gasteiger partial charge in [-0.15, -0.1) is 0 Å². The first-order chi connectivity index (χ1) is 16.8. The molecular formula is C25H28N4O5S. The number of aromatic nitrogens is 2. The molecule has 0 bridgehead atoms. The molecule has 9 nitrogen and oxygen atoms in total. The lowest BCUT2D eigenvalue weighted by atomic mass is 10.0. The summed E-state index contributed by atoms with van der Waals surface area (Å²) >= 11 is 0. The van der Waals surface area contributed by atoms with Gasteiger partial charge in [0.15, 0.2) is 5.69 Å². The summed E-state index contributed by atoms with van der Waals surface area (Å²) in [6, 6.07) is 14.5. The number of carbonyl (C=O) groups excluding carboxylic acids is 2. The van der Waals surface area contributed by atoms with Gasteiger partial charge in [-0.3, -0.25) is 4.79 Å². The molecule has 0 aliphatic carbocycles. The fourth-order valence-electron chi connectivity index (χ4n) is 3.84. The van der Waals surface area contributed by atoms with E-state index in [0.717, 1.165) is 12.8 Å². The Hall–Kier alpha value is -3.50. The van der Waals surface area contributed by atoms with Crippen molar-refractivity contribution in [3.8, 4) is 5.69 Å². The van der Waals surface area contributed by atoms with Gasteiger partial charge >= 0.3 is 5.97 Å². The third-order valence-corrected chi connectivity index (χ3v) is 7.87. The fourth-order valence-corrected chi connectivity index (χ4v) is 5.30. The van der Waals surface area contributed by atoms with Crippen LogP contribution < -0.4 is 5.32 Å². The number of ether oxygens (including phenoxy) is 1. The molecule has 1 saturated heterocycles. The van der Waals surface area contributed by atoms with Gasteiger partial charge in [0.25, 0.3) is 5.91 Å². The molecule has 4 rings (SSSR count). The zero-order chi connectivity index (χ0) is 25.0. The van der Waals surface area contributed by atoms with E-state index in [0.29, 0.717) is 35.9 Å². The number of piperidine rings is 1. The number of nitrogens with zero attached hydrogens (tertiary/aromatic N) is 3. The summed E-state index contributed by atoms with van der Waals surface area (Å²) in [6.45, 7) is 5.17. The second kappa shape index (κ2) is 10.4. The molecule has 2 aromatic carbocycles. The van der Waals surface area contributed by atoms with Gasteiger partial charge in [0, 0.05) is 30.5 Å². The first kappa shape index (κ1) is 24.6. The molecule has 184 valence electrons. The van der Waals surface area contributed by atoms with Crippen molar-refractivity contribution in [3.63, 3.8) is 0 Å². The van der Waals surface area contributed by atoms with Crippen LogP contribution >= 0.6 is 0 Å². The van der Waals surface area contributed by atoms with Crippen LogP contribution in [0.5, 0.6) is 0 Å². The molecule has 0 radical (unpaired) electrons. The van der Waals surface area contributed by atoms with E-state index in [1.165, 1.54) is 28.6 Å². The van der Waals surface area contributed by atoms with Crippen LogP contribution in [0.15, 0.2) is 65.7 Å². The van der Waals surface area contributed by atoms with E-state index in [1.807, 2.05) is 0 Å². The molecule has 0 saturated carbocycles. The number of sulfonamides is 1. The Kier molecular flexibility index (Phi) is 7.32. The van der Waals surface area contributed by atoms with Crippen LogP contribution in [0.1, 0.15) is 47.5 Å². The van der Waals surface area contributed by atoms with Gasteiger partial charge in [0.1, 0.15) is 0 Å². The molecule has 0 spiro atoms. The van der Waals surface area contributed by atoms with E-state index in [1.54, 1.807) is 48.1 Å². The van der Waals surface area contributed by atoms with E-state index in [4.69, 9.17) is 4.74 Å². The minimum Gasteiger partial charge on any atom is -0.461 e. The summed E-state index contributed by atoms with van der Waals surface area (Å²) in [5.41, 5.74) is 1.84. The highest BCUT2D eigenvalue weighted by Crippen LogP contribution is 2.24. The highest BCUT2D eigenvalue weighted by molar-refractivity contribution is 7.89. The molecular weight excluding hydrogens is 468 g/mol. The van der Waals surface area contributed by atoms with Gasteiger partial charge in [-0.05, 0) is 80.3 Å². The van der Waals surface area contributed by atoms with E-state index in [2.05, 4.69) is 17.3 Å². The maximum Gasteiger partial charge on any atom is 0.358 e. The summed E-state index contributed by atoms with van der Waals surface area (Å²) in [6.07, 6.45) is 3.36. The predicted octanol–water partition coefficient (Wildman–Crippen LogP) is 3.72. The summed E-state index contributed by atoms with van der Waals surface area (Å²) < 4.78 is 33.8. The van der Waals surface area contributed by atoms with Gasteiger partial charge in [-0.2, -0.15) is 9.40 Å². The molecule has 2 heterocycles. The summed E-state index contributed by atoms with van der Waals surface area (Å²) in [5.74, 6) is -0.306. The number of amides is 1. The predicted molar refractivity (Wildman–Crippen MR) is 131 cm³/mol. The topological polar surface area (TPSA) is 111 Å². The second-order valence-electron chi connectivity index (χ2n) is 8.48. The van der Waals surface area contributed by atoms with Crippen LogP contribution in [0.3, 0.4) is 0 Å². The summed E-state index contributed by atoms with van der Waals surface area (Å²) in [4.78, 5) is 24.6. The Morgan fingerprint density at radius 3 is 2.31 bits per heavy atom. The van der Waals surface area contributed by atoms with Crippen molar-refractivity contribution in [1.29, 1.82) is 0 Å². The molecule has 0 unspecified atom stereocenters. The molecule has 1 N–H and O–H groups in total. The largest absolute Gasteiger partial charge is 0.461 e. The van der Waals surface area contributed by atoms with Gasteiger partial charge in [-0.25, -0.2) is 17.9 Å². The van der Waals surface area contributed by atoms with Crippen molar-refractivity contribution in [3.05, 3.63) is 72.1 Å². The summed E-state index contributed by atoms with van der Waals surface area (Å²) in [5, 5.41) is 7.01. The van der Waals surface area contributed by atoms with Crippen LogP contribution in [-0.2, 0) is 14.8 Å². The van der Waals surface area contributed by atoms with E-state index in [-0.39, 0.29) is 23.1 Å². The normalized spacial score (nSPS) is 15.0. The van der Waals surface area contributed by atoms with Crippen molar-refractivity contribution >= 4 is 27.6 Å². The van der Waals surface area contributed by atoms with E-state index < -0.39 is 16.0 Å². The Morgan fingerprint density at radius 1 is 1.03 bits per heavy atom. The Balaban J connectivity index is 1.39. The van der Waals surface area contributed by atoms with E-state index >= 15 is 0 Å². The number of carbonyl (C=O) groups is 2. The molecule has 1 aromatic heterocycles. The highest BCUT2D eigenvalue weighted by atomic mass is 32.2. The minimum absolute atomic E-state index is 0.189. The molecule has 1 fully saturated rings. The van der Waals surface area contributed by atoms with Crippen molar-refractivity contribution in [2.75, 3.05) is 25.0 Å². The smallest absolute Gasteiger partial charge is 0.358 e. The fraction of sp³-hybridized carbons (Fsp3) is 0.320. The van der Waals surface area contributed by atoms with Crippen LogP contribution in [0.2, 0.25) is 0 Å². The third kappa shape index (κ3) is 5.60. The lowest BCUT2D eigenvalue weighted by Crippen LogP contribution is -2.37. The Bertz CT molecular complexity index is 1290. The van der Waals surface area contributed by atoms with Crippen molar-refractivity contribution in [2.24, 2.45) is 5.92 Å². The molecule has 0 atom stereocenters. The lowest BCUT2D eigenvalue weighted by Gasteiger charge is -2.29. The van der Waals surface area contributed by atoms with Gasteiger partial charge in [0.2, 0.25) is 10.0 Å². The van der Waals surface area contributed by atoms with Crippen LogP contribution in [-0.4, -0.2) is 54.1 Å². The number of benzene rings is 2. The van der Waals surface area contributed by atoms with E-state index in [9.17, 15) is 18.0 Å². The maximum absolute atomic E-state index is 12.9. The maximum atomic E-state index is 12.9. The zero-order valence-electron chi connectivity index (χ0n) is 19.7. The minimum atomic E-state index is -3.56. The van der Waals surface area contributed by atoms with Crippen molar-refractivity contribution < 1.29 is 22.7 Å². The van der Waals surface area contributed by atoms with Crippen LogP contribution in [0, 0.1) is 5.92 Å². The van der Waals surface area contributed by atoms with Gasteiger partial charge in [0.05, 0.1) is 17.2 Å².